The van der Waals surface area contributed by atoms with E-state index in [4.69, 9.17) is 4.52 Å². The number of aromatic nitrogens is 4. The summed E-state index contributed by atoms with van der Waals surface area (Å²) in [6.45, 7) is 1.46. The number of carbonyl (C=O) groups excluding carboxylic acids is 1. The molecule has 1 aromatic carbocycles. The van der Waals surface area contributed by atoms with Crippen molar-refractivity contribution in [1.82, 2.24) is 25.2 Å². The van der Waals surface area contributed by atoms with Gasteiger partial charge in [-0.25, -0.2) is 0 Å². The third-order valence-corrected chi connectivity index (χ3v) is 4.62. The van der Waals surface area contributed by atoms with Gasteiger partial charge < -0.3 is 14.4 Å². The molecule has 0 spiro atoms. The Morgan fingerprint density at radius 3 is 2.92 bits per heavy atom. The summed E-state index contributed by atoms with van der Waals surface area (Å²) in [5, 5.41) is 15.3. The first-order chi connectivity index (χ1) is 12.8. The lowest BCUT2D eigenvalue weighted by molar-refractivity contribution is 0.0945. The third-order valence-electron chi connectivity index (χ3n) is 4.62. The van der Waals surface area contributed by atoms with Gasteiger partial charge in [-0.2, -0.15) is 0 Å². The quantitative estimate of drug-likeness (QED) is 0.764. The Morgan fingerprint density at radius 2 is 2.04 bits per heavy atom. The van der Waals surface area contributed by atoms with Crippen molar-refractivity contribution in [2.45, 2.75) is 38.6 Å². The van der Waals surface area contributed by atoms with E-state index in [0.717, 1.165) is 36.6 Å². The zero-order valence-electron chi connectivity index (χ0n) is 14.5. The van der Waals surface area contributed by atoms with Crippen LogP contribution in [-0.4, -0.2) is 32.4 Å². The van der Waals surface area contributed by atoms with Crippen LogP contribution in [0.2, 0.25) is 0 Å². The van der Waals surface area contributed by atoms with Crippen molar-refractivity contribution in [3.63, 3.8) is 0 Å². The zero-order valence-corrected chi connectivity index (χ0v) is 14.5. The van der Waals surface area contributed by atoms with Crippen LogP contribution in [0.5, 0.6) is 0 Å². The average molecular weight is 351 g/mol. The molecule has 3 aromatic rings. The summed E-state index contributed by atoms with van der Waals surface area (Å²) in [4.78, 5) is 12.3. The number of benzene rings is 1. The number of hydrogen-bond acceptors (Lipinski definition) is 5. The lowest BCUT2D eigenvalue weighted by Crippen LogP contribution is -2.26. The summed E-state index contributed by atoms with van der Waals surface area (Å²) >= 11 is 0. The molecule has 7 heteroatoms. The maximum absolute atomic E-state index is 12.3. The van der Waals surface area contributed by atoms with E-state index >= 15 is 0 Å². The van der Waals surface area contributed by atoms with Crippen LogP contribution in [0.25, 0.3) is 11.3 Å². The standard InChI is InChI=1S/C19H21N5O2/c25-19(15-13-16(26-23-15)14-7-3-1-4-8-14)20-11-10-18-22-21-17-9-5-2-6-12-24(17)18/h1,3-4,7-8,13H,2,5-6,9-12H2,(H,20,25). The highest BCUT2D eigenvalue weighted by molar-refractivity contribution is 5.93. The largest absolute Gasteiger partial charge is 0.355 e. The highest BCUT2D eigenvalue weighted by Crippen LogP contribution is 2.19. The first-order valence-electron chi connectivity index (χ1n) is 9.02. The molecule has 2 aromatic heterocycles. The van der Waals surface area contributed by atoms with E-state index in [1.807, 2.05) is 30.3 Å². The van der Waals surface area contributed by atoms with Crippen LogP contribution in [-0.2, 0) is 19.4 Å². The maximum Gasteiger partial charge on any atom is 0.273 e. The predicted molar refractivity (Wildman–Crippen MR) is 95.6 cm³/mol. The van der Waals surface area contributed by atoms with Crippen molar-refractivity contribution in [2.24, 2.45) is 0 Å². The summed E-state index contributed by atoms with van der Waals surface area (Å²) in [6, 6.07) is 11.3. The van der Waals surface area contributed by atoms with E-state index in [-0.39, 0.29) is 11.6 Å². The highest BCUT2D eigenvalue weighted by Gasteiger charge is 2.16. The molecular weight excluding hydrogens is 330 g/mol. The van der Waals surface area contributed by atoms with Crippen molar-refractivity contribution < 1.29 is 9.32 Å². The second kappa shape index (κ2) is 7.51. The molecule has 134 valence electrons. The Hall–Kier alpha value is -2.96. The van der Waals surface area contributed by atoms with E-state index in [1.165, 1.54) is 12.8 Å². The van der Waals surface area contributed by atoms with E-state index in [2.05, 4.69) is 25.2 Å². The number of hydrogen-bond donors (Lipinski definition) is 1. The van der Waals surface area contributed by atoms with Crippen LogP contribution < -0.4 is 5.32 Å². The van der Waals surface area contributed by atoms with Gasteiger partial charge in [0.25, 0.3) is 5.91 Å². The number of rotatable bonds is 5. The van der Waals surface area contributed by atoms with E-state index < -0.39 is 0 Å². The van der Waals surface area contributed by atoms with Crippen LogP contribution >= 0.6 is 0 Å². The molecule has 4 rings (SSSR count). The van der Waals surface area contributed by atoms with Crippen LogP contribution in [0.1, 0.15) is 41.4 Å². The fourth-order valence-electron chi connectivity index (χ4n) is 3.23. The topological polar surface area (TPSA) is 85.8 Å². The van der Waals surface area contributed by atoms with Crippen LogP contribution in [0.15, 0.2) is 40.9 Å². The molecule has 1 N–H and O–H groups in total. The minimum atomic E-state index is -0.244. The van der Waals surface area contributed by atoms with Crippen LogP contribution in [0.3, 0.4) is 0 Å². The monoisotopic (exact) mass is 351 g/mol. The molecule has 3 heterocycles. The van der Waals surface area contributed by atoms with Gasteiger partial charge in [0.2, 0.25) is 0 Å². The van der Waals surface area contributed by atoms with E-state index in [1.54, 1.807) is 6.07 Å². The van der Waals surface area contributed by atoms with Crippen molar-refractivity contribution in [1.29, 1.82) is 0 Å². The minimum Gasteiger partial charge on any atom is -0.355 e. The maximum atomic E-state index is 12.3. The summed E-state index contributed by atoms with van der Waals surface area (Å²) in [5.41, 5.74) is 1.18. The van der Waals surface area contributed by atoms with Gasteiger partial charge in [-0.1, -0.05) is 41.9 Å². The lowest BCUT2D eigenvalue weighted by atomic mass is 10.1. The second-order valence-electron chi connectivity index (χ2n) is 6.44. The Labute approximate surface area is 151 Å². The lowest BCUT2D eigenvalue weighted by Gasteiger charge is -2.07. The molecule has 0 fully saturated rings. The van der Waals surface area contributed by atoms with Gasteiger partial charge in [-0.15, -0.1) is 10.2 Å². The van der Waals surface area contributed by atoms with Crippen LogP contribution in [0, 0.1) is 0 Å². The number of nitrogens with one attached hydrogen (secondary N) is 1. The second-order valence-corrected chi connectivity index (χ2v) is 6.44. The smallest absolute Gasteiger partial charge is 0.273 e. The Kier molecular flexibility index (Phi) is 4.77. The Bertz CT molecular complexity index is 884. The third kappa shape index (κ3) is 3.51. The predicted octanol–water partition coefficient (Wildman–Crippen LogP) is 2.63. The number of nitrogens with zero attached hydrogens (tertiary/aromatic N) is 4. The summed E-state index contributed by atoms with van der Waals surface area (Å²) in [7, 11) is 0. The SMILES string of the molecule is O=C(NCCc1nnc2n1CCCCC2)c1cc(-c2ccccc2)on1. The van der Waals surface area contributed by atoms with Crippen molar-refractivity contribution in [3.05, 3.63) is 53.7 Å². The van der Waals surface area contributed by atoms with Crippen molar-refractivity contribution in [3.8, 4) is 11.3 Å². The summed E-state index contributed by atoms with van der Waals surface area (Å²) in [6.07, 6.45) is 5.20. The number of fused-ring (bicyclic) bond motifs is 1. The van der Waals surface area contributed by atoms with E-state index in [0.29, 0.717) is 18.7 Å². The van der Waals surface area contributed by atoms with Gasteiger partial charge >= 0.3 is 0 Å². The molecule has 0 aliphatic carbocycles. The van der Waals surface area contributed by atoms with Gasteiger partial charge in [0.1, 0.15) is 11.6 Å². The van der Waals surface area contributed by atoms with Gasteiger partial charge in [0.15, 0.2) is 11.5 Å². The fraction of sp³-hybridized carbons (Fsp3) is 0.368. The Balaban J connectivity index is 1.35. The first kappa shape index (κ1) is 16.5. The molecule has 26 heavy (non-hydrogen) atoms. The molecule has 1 aliphatic heterocycles. The summed E-state index contributed by atoms with van der Waals surface area (Å²) in [5.74, 6) is 2.34. The molecule has 1 amide bonds. The summed E-state index contributed by atoms with van der Waals surface area (Å²) < 4.78 is 7.47. The van der Waals surface area contributed by atoms with Crippen LogP contribution in [0.4, 0.5) is 0 Å². The molecule has 0 radical (unpaired) electrons. The molecular formula is C19H21N5O2. The molecule has 0 atom stereocenters. The Morgan fingerprint density at radius 1 is 1.15 bits per heavy atom. The van der Waals surface area contributed by atoms with E-state index in [9.17, 15) is 4.79 Å². The zero-order chi connectivity index (χ0) is 17.8. The number of carbonyl (C=O) groups is 1. The van der Waals surface area contributed by atoms with Gasteiger partial charge in [0.05, 0.1) is 0 Å². The van der Waals surface area contributed by atoms with Gasteiger partial charge in [0, 0.05) is 37.6 Å². The average Bonchev–Trinajstić information content (AvgIpc) is 3.24. The molecule has 7 nitrogen and oxygen atoms in total. The number of aryl methyl sites for hydroxylation is 1. The fourth-order valence-corrected chi connectivity index (χ4v) is 3.23. The normalized spacial score (nSPS) is 13.8. The van der Waals surface area contributed by atoms with Crippen molar-refractivity contribution in [2.75, 3.05) is 6.54 Å². The molecule has 1 aliphatic rings. The van der Waals surface area contributed by atoms with Gasteiger partial charge in [-0.3, -0.25) is 4.79 Å². The number of amides is 1. The van der Waals surface area contributed by atoms with Gasteiger partial charge in [-0.05, 0) is 12.8 Å². The molecule has 0 saturated heterocycles. The molecule has 0 saturated carbocycles. The first-order valence-corrected chi connectivity index (χ1v) is 9.02. The highest BCUT2D eigenvalue weighted by atomic mass is 16.5. The molecule has 0 unspecified atom stereocenters. The minimum absolute atomic E-state index is 0.244. The van der Waals surface area contributed by atoms with Crippen molar-refractivity contribution >= 4 is 5.91 Å². The molecule has 0 bridgehead atoms.